The molecular formula is C9H10BF2N2. The number of rotatable bonds is 0. The van der Waals surface area contributed by atoms with Crippen LogP contribution in [0.2, 0.25) is 0 Å². The van der Waals surface area contributed by atoms with Crippen LogP contribution in [-0.2, 0) is 0 Å². The number of aromatic nitrogens is 1. The van der Waals surface area contributed by atoms with E-state index in [1.54, 1.807) is 0 Å². The molecule has 0 saturated carbocycles. The molecule has 2 nitrogen and oxygen atoms in total. The molecule has 0 fully saturated rings. The molecule has 0 atom stereocenters. The van der Waals surface area contributed by atoms with E-state index in [9.17, 15) is 0 Å². The summed E-state index contributed by atoms with van der Waals surface area (Å²) in [7, 11) is 2.13. The number of hydrogen-bond donors (Lipinski definition) is 0. The lowest BCUT2D eigenvalue weighted by molar-refractivity contribution is 0.633. The Hall–Kier alpha value is -1.52. The van der Waals surface area contributed by atoms with Crippen molar-refractivity contribution in [1.29, 1.82) is 0 Å². The molecule has 0 unspecified atom stereocenters. The summed E-state index contributed by atoms with van der Waals surface area (Å²) in [5.41, 5.74) is 2.55. The highest BCUT2D eigenvalue weighted by molar-refractivity contribution is 6.32. The van der Waals surface area contributed by atoms with Crippen molar-refractivity contribution in [2.45, 2.75) is 0 Å². The first kappa shape index (κ1) is 10.6. The second kappa shape index (κ2) is 3.70. The first-order chi connectivity index (χ1) is 5.93. The van der Waals surface area contributed by atoms with E-state index in [2.05, 4.69) is 53.4 Å². The molecule has 1 radical (unpaired) electrons. The molecule has 3 rings (SSSR count). The van der Waals surface area contributed by atoms with Crippen molar-refractivity contribution in [2.24, 2.45) is 0 Å². The zero-order valence-corrected chi connectivity index (χ0v) is 7.46. The smallest absolute Gasteiger partial charge is 0.395 e. The summed E-state index contributed by atoms with van der Waals surface area (Å²) in [4.78, 5) is 2.23. The molecule has 5 heteroatoms. The van der Waals surface area contributed by atoms with Crippen LogP contribution in [0.4, 0.5) is 9.41 Å². The average Bonchev–Trinajstić information content (AvgIpc) is 2.64. The first-order valence-corrected chi connectivity index (χ1v) is 4.10. The van der Waals surface area contributed by atoms with Crippen molar-refractivity contribution >= 4 is 13.6 Å². The Bertz CT molecular complexity index is 384. The van der Waals surface area contributed by atoms with Gasteiger partial charge in [-0.3, -0.25) is 9.41 Å². The molecule has 0 N–H and O–H groups in total. The SMILES string of the molecule is F.F.[B]1N2CC=CC2=Cc2cccn21. The Balaban J connectivity index is 0.000000490. The largest absolute Gasteiger partial charge is 0.396 e. The maximum atomic E-state index is 2.23. The molecule has 0 amide bonds. The van der Waals surface area contributed by atoms with Crippen LogP contribution in [0.5, 0.6) is 0 Å². The van der Waals surface area contributed by atoms with Gasteiger partial charge in [0.05, 0.1) is 0 Å². The van der Waals surface area contributed by atoms with Gasteiger partial charge >= 0.3 is 7.55 Å². The van der Waals surface area contributed by atoms with Crippen molar-refractivity contribution in [3.05, 3.63) is 41.9 Å². The predicted molar refractivity (Wildman–Crippen MR) is 54.4 cm³/mol. The highest BCUT2D eigenvalue weighted by Crippen LogP contribution is 2.21. The normalized spacial score (nSPS) is 15.7. The highest BCUT2D eigenvalue weighted by atomic mass is 19.0. The average molecular weight is 195 g/mol. The minimum absolute atomic E-state index is 0. The molecular weight excluding hydrogens is 185 g/mol. The number of nitrogens with zero attached hydrogens (tertiary/aromatic N) is 2. The standard InChI is InChI=1S/C9H8BN2.2FH/c1-3-8-7-9-4-2-6-12(9)10-11(8)5-1;;/h1-5,7H,6H2;2*1H. The van der Waals surface area contributed by atoms with Crippen LogP contribution >= 0.6 is 0 Å². The van der Waals surface area contributed by atoms with Crippen molar-refractivity contribution < 1.29 is 9.41 Å². The van der Waals surface area contributed by atoms with Gasteiger partial charge in [0.2, 0.25) is 0 Å². The predicted octanol–water partition coefficient (Wildman–Crippen LogP) is 1.40. The van der Waals surface area contributed by atoms with E-state index < -0.39 is 0 Å². The Labute approximate surface area is 81.5 Å². The van der Waals surface area contributed by atoms with Gasteiger partial charge in [-0.15, -0.1) is 0 Å². The number of allylic oxidation sites excluding steroid dienone is 1. The third kappa shape index (κ3) is 1.34. The molecule has 3 heterocycles. The van der Waals surface area contributed by atoms with E-state index in [1.165, 1.54) is 11.4 Å². The highest BCUT2D eigenvalue weighted by Gasteiger charge is 2.19. The molecule has 0 aliphatic carbocycles. The van der Waals surface area contributed by atoms with Crippen molar-refractivity contribution in [1.82, 2.24) is 9.29 Å². The minimum atomic E-state index is 0. The molecule has 1 aromatic heterocycles. The number of fused-ring (bicyclic) bond motifs is 2. The van der Waals surface area contributed by atoms with Gasteiger partial charge in [-0.2, -0.15) is 0 Å². The molecule has 0 aromatic carbocycles. The fourth-order valence-electron chi connectivity index (χ4n) is 1.67. The topological polar surface area (TPSA) is 8.17 Å². The van der Waals surface area contributed by atoms with Crippen molar-refractivity contribution in [2.75, 3.05) is 6.54 Å². The molecule has 2 aliphatic heterocycles. The molecule has 0 saturated heterocycles. The summed E-state index contributed by atoms with van der Waals surface area (Å²) >= 11 is 0. The van der Waals surface area contributed by atoms with Crippen LogP contribution < -0.4 is 0 Å². The fraction of sp³-hybridized carbons (Fsp3) is 0.111. The Morgan fingerprint density at radius 1 is 1.29 bits per heavy atom. The second-order valence-electron chi connectivity index (χ2n) is 3.08. The van der Waals surface area contributed by atoms with E-state index in [0.717, 1.165) is 6.54 Å². The zero-order chi connectivity index (χ0) is 7.97. The van der Waals surface area contributed by atoms with Crippen LogP contribution in [0, 0.1) is 0 Å². The third-order valence-corrected chi connectivity index (χ3v) is 2.29. The monoisotopic (exact) mass is 195 g/mol. The summed E-state index contributed by atoms with van der Waals surface area (Å²) in [6.45, 7) is 1.00. The van der Waals surface area contributed by atoms with Gasteiger partial charge in [0, 0.05) is 17.9 Å². The third-order valence-electron chi connectivity index (χ3n) is 2.29. The zero-order valence-electron chi connectivity index (χ0n) is 7.46. The molecule has 0 spiro atoms. The van der Waals surface area contributed by atoms with E-state index >= 15 is 0 Å². The van der Waals surface area contributed by atoms with E-state index in [0.29, 0.717) is 0 Å². The van der Waals surface area contributed by atoms with Gasteiger partial charge in [0.25, 0.3) is 0 Å². The lowest BCUT2D eigenvalue weighted by Gasteiger charge is -2.24. The van der Waals surface area contributed by atoms with Crippen LogP contribution in [0.3, 0.4) is 0 Å². The molecule has 14 heavy (non-hydrogen) atoms. The van der Waals surface area contributed by atoms with E-state index in [1.807, 2.05) is 0 Å². The van der Waals surface area contributed by atoms with Gasteiger partial charge in [-0.25, -0.2) is 0 Å². The van der Waals surface area contributed by atoms with Gasteiger partial charge < -0.3 is 9.29 Å². The maximum Gasteiger partial charge on any atom is 0.396 e. The van der Waals surface area contributed by atoms with Gasteiger partial charge in [0.15, 0.2) is 0 Å². The van der Waals surface area contributed by atoms with E-state index in [4.69, 9.17) is 0 Å². The molecule has 0 bridgehead atoms. The van der Waals surface area contributed by atoms with Crippen LogP contribution in [-0.4, -0.2) is 23.4 Å². The van der Waals surface area contributed by atoms with Gasteiger partial charge in [-0.1, -0.05) is 6.08 Å². The Morgan fingerprint density at radius 3 is 3.00 bits per heavy atom. The van der Waals surface area contributed by atoms with Crippen molar-refractivity contribution in [3.8, 4) is 0 Å². The van der Waals surface area contributed by atoms with Gasteiger partial charge in [0.1, 0.15) is 0 Å². The van der Waals surface area contributed by atoms with Crippen LogP contribution in [0.25, 0.3) is 6.08 Å². The minimum Gasteiger partial charge on any atom is -0.395 e. The summed E-state index contributed by atoms with van der Waals surface area (Å²) in [6.07, 6.45) is 8.60. The lowest BCUT2D eigenvalue weighted by Crippen LogP contribution is -2.32. The number of halogens is 2. The van der Waals surface area contributed by atoms with E-state index in [-0.39, 0.29) is 9.41 Å². The summed E-state index contributed by atoms with van der Waals surface area (Å²) in [6, 6.07) is 4.18. The molecule has 2 aliphatic rings. The summed E-state index contributed by atoms with van der Waals surface area (Å²) in [5, 5.41) is 0. The Morgan fingerprint density at radius 2 is 2.14 bits per heavy atom. The van der Waals surface area contributed by atoms with Crippen LogP contribution in [0.1, 0.15) is 5.69 Å². The summed E-state index contributed by atoms with van der Waals surface area (Å²) in [5.74, 6) is 0. The Kier molecular flexibility index (Phi) is 2.79. The first-order valence-electron chi connectivity index (χ1n) is 4.10. The quantitative estimate of drug-likeness (QED) is 0.568. The lowest BCUT2D eigenvalue weighted by atomic mass is 10.0. The fourth-order valence-corrected chi connectivity index (χ4v) is 1.67. The second-order valence-corrected chi connectivity index (χ2v) is 3.08. The van der Waals surface area contributed by atoms with Gasteiger partial charge in [-0.05, 0) is 30.5 Å². The molecule has 73 valence electrons. The number of hydrogen-bond acceptors (Lipinski definition) is 1. The van der Waals surface area contributed by atoms with Crippen molar-refractivity contribution in [3.63, 3.8) is 0 Å². The summed E-state index contributed by atoms with van der Waals surface area (Å²) < 4.78 is 2.14. The maximum absolute atomic E-state index is 2.23. The molecule has 1 aromatic rings. The van der Waals surface area contributed by atoms with Crippen LogP contribution in [0.15, 0.2) is 36.2 Å².